The molecule has 116 valence electrons. The van der Waals surface area contributed by atoms with Crippen LogP contribution in [0.2, 0.25) is 0 Å². The fraction of sp³-hybridized carbons (Fsp3) is 0.588. The molecule has 0 aromatic heterocycles. The van der Waals surface area contributed by atoms with Gasteiger partial charge in [0.2, 0.25) is 0 Å². The average molecular weight is 291 g/mol. The Morgan fingerprint density at radius 3 is 2.86 bits per heavy atom. The Balaban J connectivity index is 1.87. The van der Waals surface area contributed by atoms with E-state index in [1.165, 1.54) is 5.56 Å². The molecule has 0 spiro atoms. The zero-order chi connectivity index (χ0) is 14.9. The van der Waals surface area contributed by atoms with Gasteiger partial charge in [-0.05, 0) is 31.7 Å². The Morgan fingerprint density at radius 1 is 1.38 bits per heavy atom. The number of hydrogen-bond donors (Lipinski definition) is 0. The zero-order valence-corrected chi connectivity index (χ0v) is 12.8. The van der Waals surface area contributed by atoms with Crippen LogP contribution >= 0.6 is 0 Å². The molecule has 1 aliphatic heterocycles. The number of nitrogens with zero attached hydrogens (tertiary/aromatic N) is 1. The molecule has 0 saturated carbocycles. The molecule has 4 heteroatoms. The summed E-state index contributed by atoms with van der Waals surface area (Å²) in [6.07, 6.45) is 3.62. The third kappa shape index (κ3) is 5.86. The molecule has 21 heavy (non-hydrogen) atoms. The Morgan fingerprint density at radius 2 is 2.19 bits per heavy atom. The van der Waals surface area contributed by atoms with Crippen molar-refractivity contribution in [2.75, 3.05) is 26.3 Å². The maximum Gasteiger partial charge on any atom is 0.320 e. The topological polar surface area (TPSA) is 38.8 Å². The zero-order valence-electron chi connectivity index (χ0n) is 12.8. The van der Waals surface area contributed by atoms with Crippen molar-refractivity contribution in [1.82, 2.24) is 4.90 Å². The van der Waals surface area contributed by atoms with Gasteiger partial charge in [-0.3, -0.25) is 9.69 Å². The first-order chi connectivity index (χ1) is 10.3. The number of hydrogen-bond acceptors (Lipinski definition) is 4. The lowest BCUT2D eigenvalue weighted by Crippen LogP contribution is -2.33. The molecule has 0 amide bonds. The molecule has 1 atom stereocenters. The van der Waals surface area contributed by atoms with Gasteiger partial charge < -0.3 is 9.47 Å². The summed E-state index contributed by atoms with van der Waals surface area (Å²) in [6.45, 7) is 5.12. The second kappa shape index (κ2) is 8.80. The summed E-state index contributed by atoms with van der Waals surface area (Å²) in [5.41, 5.74) is 1.22. The summed E-state index contributed by atoms with van der Waals surface area (Å²) >= 11 is 0. The highest BCUT2D eigenvalue weighted by Crippen LogP contribution is 2.16. The second-order valence-corrected chi connectivity index (χ2v) is 5.42. The molecule has 4 nitrogen and oxygen atoms in total. The predicted octanol–water partition coefficient (Wildman–Crippen LogP) is 2.62. The molecule has 1 aromatic carbocycles. The quantitative estimate of drug-likeness (QED) is 0.690. The van der Waals surface area contributed by atoms with E-state index in [0.717, 1.165) is 39.0 Å². The van der Waals surface area contributed by atoms with Crippen molar-refractivity contribution in [1.29, 1.82) is 0 Å². The summed E-state index contributed by atoms with van der Waals surface area (Å²) in [4.78, 5) is 13.9. The minimum absolute atomic E-state index is 0.152. The normalized spacial score (nSPS) is 18.1. The van der Waals surface area contributed by atoms with Gasteiger partial charge in [0.05, 0.1) is 19.3 Å². The molecule has 1 aliphatic rings. The molecule has 0 radical (unpaired) electrons. The maximum absolute atomic E-state index is 11.7. The average Bonchev–Trinajstić information content (AvgIpc) is 2.99. The van der Waals surface area contributed by atoms with Crippen LogP contribution in [0.5, 0.6) is 0 Å². The van der Waals surface area contributed by atoms with E-state index in [4.69, 9.17) is 9.47 Å². The predicted molar refractivity (Wildman–Crippen MR) is 81.9 cm³/mol. The molecule has 0 bridgehead atoms. The van der Waals surface area contributed by atoms with E-state index in [2.05, 4.69) is 17.0 Å². The summed E-state index contributed by atoms with van der Waals surface area (Å²) < 4.78 is 10.7. The molecule has 1 unspecified atom stereocenters. The lowest BCUT2D eigenvalue weighted by molar-refractivity contribution is -0.144. The van der Waals surface area contributed by atoms with Gasteiger partial charge in [-0.25, -0.2) is 0 Å². The minimum atomic E-state index is -0.152. The number of ether oxygens (including phenoxy) is 2. The molecule has 1 saturated heterocycles. The maximum atomic E-state index is 11.7. The summed E-state index contributed by atoms with van der Waals surface area (Å²) in [5.74, 6) is -0.152. The van der Waals surface area contributed by atoms with Crippen molar-refractivity contribution in [2.24, 2.45) is 0 Å². The summed E-state index contributed by atoms with van der Waals surface area (Å²) in [6, 6.07) is 10.2. The molecule has 2 rings (SSSR count). The second-order valence-electron chi connectivity index (χ2n) is 5.42. The minimum Gasteiger partial charge on any atom is -0.465 e. The Kier molecular flexibility index (Phi) is 6.70. The summed E-state index contributed by atoms with van der Waals surface area (Å²) in [7, 11) is 0. The van der Waals surface area contributed by atoms with Gasteiger partial charge in [0, 0.05) is 19.7 Å². The van der Waals surface area contributed by atoms with Crippen LogP contribution in [0, 0.1) is 0 Å². The molecule has 0 aliphatic carbocycles. The van der Waals surface area contributed by atoms with Crippen molar-refractivity contribution in [2.45, 2.75) is 38.8 Å². The van der Waals surface area contributed by atoms with Crippen molar-refractivity contribution in [3.63, 3.8) is 0 Å². The van der Waals surface area contributed by atoms with Crippen molar-refractivity contribution in [3.05, 3.63) is 35.9 Å². The lowest BCUT2D eigenvalue weighted by Gasteiger charge is -2.22. The van der Waals surface area contributed by atoms with Crippen molar-refractivity contribution >= 4 is 5.97 Å². The fourth-order valence-electron chi connectivity index (χ4n) is 2.64. The van der Waals surface area contributed by atoms with Crippen LogP contribution in [0.1, 0.15) is 31.7 Å². The van der Waals surface area contributed by atoms with E-state index in [-0.39, 0.29) is 5.97 Å². The van der Waals surface area contributed by atoms with E-state index in [1.54, 1.807) is 0 Å². The highest BCUT2D eigenvalue weighted by atomic mass is 16.5. The van der Waals surface area contributed by atoms with E-state index in [1.807, 2.05) is 25.1 Å². The first-order valence-corrected chi connectivity index (χ1v) is 7.81. The first-order valence-electron chi connectivity index (χ1n) is 7.81. The van der Waals surface area contributed by atoms with Crippen LogP contribution in [0.4, 0.5) is 0 Å². The van der Waals surface area contributed by atoms with Crippen LogP contribution in [-0.4, -0.2) is 43.3 Å². The van der Waals surface area contributed by atoms with Gasteiger partial charge in [-0.15, -0.1) is 0 Å². The van der Waals surface area contributed by atoms with Crippen LogP contribution in [-0.2, 0) is 20.8 Å². The lowest BCUT2D eigenvalue weighted by atomic mass is 10.1. The highest BCUT2D eigenvalue weighted by Gasteiger charge is 2.18. The number of benzene rings is 1. The Hall–Kier alpha value is -1.39. The SMILES string of the molecule is CCOC(=O)CN(CCC1CCCO1)Cc1ccccc1. The van der Waals surface area contributed by atoms with Gasteiger partial charge >= 0.3 is 5.97 Å². The van der Waals surface area contributed by atoms with Crippen molar-refractivity contribution < 1.29 is 14.3 Å². The van der Waals surface area contributed by atoms with E-state index >= 15 is 0 Å². The van der Waals surface area contributed by atoms with Crippen LogP contribution in [0.15, 0.2) is 30.3 Å². The number of rotatable bonds is 8. The molecule has 1 heterocycles. The monoisotopic (exact) mass is 291 g/mol. The van der Waals surface area contributed by atoms with Gasteiger partial charge in [-0.2, -0.15) is 0 Å². The van der Waals surface area contributed by atoms with E-state index in [0.29, 0.717) is 19.3 Å². The van der Waals surface area contributed by atoms with Gasteiger partial charge in [-0.1, -0.05) is 30.3 Å². The molecule has 1 fully saturated rings. The van der Waals surface area contributed by atoms with Crippen LogP contribution in [0.25, 0.3) is 0 Å². The van der Waals surface area contributed by atoms with Crippen LogP contribution in [0.3, 0.4) is 0 Å². The van der Waals surface area contributed by atoms with Gasteiger partial charge in [0.15, 0.2) is 0 Å². The molecular weight excluding hydrogens is 266 g/mol. The van der Waals surface area contributed by atoms with Gasteiger partial charge in [0.1, 0.15) is 0 Å². The van der Waals surface area contributed by atoms with Crippen molar-refractivity contribution in [3.8, 4) is 0 Å². The number of esters is 1. The first kappa shape index (κ1) is 16.0. The molecule has 0 N–H and O–H groups in total. The third-order valence-electron chi connectivity index (χ3n) is 3.70. The largest absolute Gasteiger partial charge is 0.465 e. The molecule has 1 aromatic rings. The Bertz CT molecular complexity index is 415. The number of carbonyl (C=O) groups excluding carboxylic acids is 1. The van der Waals surface area contributed by atoms with E-state index < -0.39 is 0 Å². The highest BCUT2D eigenvalue weighted by molar-refractivity contribution is 5.71. The molecular formula is C17H25NO3. The van der Waals surface area contributed by atoms with Crippen LogP contribution < -0.4 is 0 Å². The standard InChI is InChI=1S/C17H25NO3/c1-2-20-17(19)14-18(11-10-16-9-6-12-21-16)13-15-7-4-3-5-8-15/h3-5,7-8,16H,2,6,9-14H2,1H3. The number of carbonyl (C=O) groups is 1. The fourth-order valence-corrected chi connectivity index (χ4v) is 2.64. The van der Waals surface area contributed by atoms with Gasteiger partial charge in [0.25, 0.3) is 0 Å². The smallest absolute Gasteiger partial charge is 0.320 e. The summed E-state index contributed by atoms with van der Waals surface area (Å²) in [5, 5.41) is 0. The third-order valence-corrected chi connectivity index (χ3v) is 3.70. The Labute approximate surface area is 127 Å². The van der Waals surface area contributed by atoms with E-state index in [9.17, 15) is 4.79 Å².